The zero-order valence-corrected chi connectivity index (χ0v) is 47.4. The fraction of sp³-hybridized carbons (Fsp3) is 0.475. The van der Waals surface area contributed by atoms with Crippen LogP contribution in [-0.4, -0.2) is 89.6 Å². The van der Waals surface area contributed by atoms with E-state index in [-0.39, 0.29) is 30.0 Å². The number of fused-ring (bicyclic) bond motifs is 9. The van der Waals surface area contributed by atoms with Crippen molar-refractivity contribution in [3.05, 3.63) is 85.9 Å². The molecule has 81 heavy (non-hydrogen) atoms. The molecule has 6 saturated carbocycles. The van der Waals surface area contributed by atoms with Crippen molar-refractivity contribution in [1.82, 2.24) is 15.0 Å². The Morgan fingerprint density at radius 3 is 1.30 bits per heavy atom. The monoisotopic (exact) mass is 1160 g/mol. The van der Waals surface area contributed by atoms with Gasteiger partial charge in [-0.2, -0.15) is 0 Å². The molecule has 6 fully saturated rings. The summed E-state index contributed by atoms with van der Waals surface area (Å²) < 4.78 is 33.1. The largest absolute Gasteiger partial charge is 0.490 e. The van der Waals surface area contributed by atoms with Crippen LogP contribution in [0.3, 0.4) is 0 Å². The molecule has 3 aromatic carbocycles. The molecule has 3 aromatic heterocycles. The van der Waals surface area contributed by atoms with Gasteiger partial charge in [0.05, 0.1) is 13.2 Å². The maximum atomic E-state index is 13.2. The number of nitrogens with two attached hydrogens (primary N) is 2. The van der Waals surface area contributed by atoms with Gasteiger partial charge in [0.2, 0.25) is 30.0 Å². The van der Waals surface area contributed by atoms with Crippen LogP contribution < -0.4 is 61.2 Å². The lowest BCUT2D eigenvalue weighted by Gasteiger charge is -2.22. The van der Waals surface area contributed by atoms with E-state index < -0.39 is 0 Å². The van der Waals surface area contributed by atoms with Gasteiger partial charge < -0.3 is 61.2 Å². The van der Waals surface area contributed by atoms with E-state index in [0.717, 1.165) is 52.7 Å². The van der Waals surface area contributed by atoms with Crippen molar-refractivity contribution in [2.45, 2.75) is 109 Å². The van der Waals surface area contributed by atoms with Crippen LogP contribution in [0.15, 0.2) is 54.6 Å². The second-order valence-corrected chi connectivity index (χ2v) is 25.7. The fourth-order valence-electron chi connectivity index (χ4n) is 13.6. The maximum absolute atomic E-state index is 13.2. The molecule has 15 rings (SSSR count). The normalized spacial score (nSPS) is 25.5. The van der Waals surface area contributed by atoms with Gasteiger partial charge in [-0.3, -0.25) is 19.2 Å². The van der Waals surface area contributed by atoms with Crippen molar-refractivity contribution in [3.8, 4) is 34.5 Å². The summed E-state index contributed by atoms with van der Waals surface area (Å²) in [7, 11) is 0. The number of carbonyl (C=O) groups excluding carboxylic acids is 4. The molecule has 9 aliphatic rings. The molecule has 9 atom stereocenters. The molecule has 6 heterocycles. The average molecular weight is 1160 g/mol. The third kappa shape index (κ3) is 11.3. The number of amides is 1. The van der Waals surface area contributed by atoms with Gasteiger partial charge in [0.1, 0.15) is 39.5 Å². The molecule has 6 aliphatic carbocycles. The summed E-state index contributed by atoms with van der Waals surface area (Å²) in [5.41, 5.74) is 13.7. The number of anilines is 6. The molecule has 19 nitrogen and oxygen atoms in total. The van der Waals surface area contributed by atoms with Crippen LogP contribution in [0.5, 0.6) is 34.5 Å². The minimum Gasteiger partial charge on any atom is -0.490 e. The number of rotatable bonds is 13. The highest BCUT2D eigenvalue weighted by atomic mass is 32.1. The van der Waals surface area contributed by atoms with Crippen LogP contribution in [0.1, 0.15) is 136 Å². The Morgan fingerprint density at radius 1 is 0.469 bits per heavy atom. The first-order valence-electron chi connectivity index (χ1n) is 28.3. The van der Waals surface area contributed by atoms with Crippen molar-refractivity contribution >= 4 is 90.1 Å². The molecule has 22 heteroatoms. The van der Waals surface area contributed by atoms with Crippen molar-refractivity contribution < 1.29 is 47.6 Å². The summed E-state index contributed by atoms with van der Waals surface area (Å²) in [4.78, 5) is 65.4. The predicted molar refractivity (Wildman–Crippen MR) is 310 cm³/mol. The number of ether oxygens (including phenoxy) is 6. The minimum absolute atomic E-state index is 0.123. The first kappa shape index (κ1) is 53.2. The molecule has 424 valence electrons. The van der Waals surface area contributed by atoms with E-state index in [1.807, 2.05) is 0 Å². The summed E-state index contributed by atoms with van der Waals surface area (Å²) in [6.07, 6.45) is 16.2. The molecule has 8 N–H and O–H groups in total. The number of aromatic nitrogens is 3. The topological polar surface area (TPSA) is 262 Å². The number of nitrogen functional groups attached to an aromatic ring is 2. The Hall–Kier alpha value is -7.17. The molecule has 1 amide bonds. The second kappa shape index (κ2) is 22.6. The van der Waals surface area contributed by atoms with Gasteiger partial charge in [-0.1, -0.05) is 53.3 Å². The number of nitrogens with zero attached hydrogens (tertiary/aromatic N) is 3. The number of ketones is 3. The lowest BCUT2D eigenvalue weighted by atomic mass is 9.96. The van der Waals surface area contributed by atoms with E-state index in [1.165, 1.54) is 112 Å². The van der Waals surface area contributed by atoms with Crippen LogP contribution in [-0.2, 0) is 4.79 Å². The standard InChI is InChI=1S/C21H23N3O4S.C20H23N3O3S.C18H19N3O3S/c1-11(25)22-20-19(18(26)14-4-5-16-17(10-14)28-7-6-27-16)29-21(24-20)23-15-9-12-2-3-13(15)8-12;21-19-18(27-20(23-19)22-14-9-11-2-3-12(14)8-11)17(24)13-4-5-15-16(10-13)26-7-1-6-25-15;19-17-16(15(22)11-3-4-13-14(7-11)24-8-23-13)25-18(21-17)20-12-6-9-1-2-10(12)5-9/h4-5,10,12-13,15H,2-3,6-9H2,1H3,(H,22,25)(H,23,24);4-5,10-12,14H,1-3,6-9,21H2,(H,22,23);3-4,7,9-10,12H,1-2,5-6,8,19H2,(H,20,21)/t12?,13?,15-;11?,12?,14-;9?,10?,12-/m000/s1. The van der Waals surface area contributed by atoms with Crippen molar-refractivity contribution in [3.63, 3.8) is 0 Å². The van der Waals surface area contributed by atoms with Gasteiger partial charge in [-0.25, -0.2) is 15.0 Å². The van der Waals surface area contributed by atoms with E-state index in [1.54, 1.807) is 54.6 Å². The number of nitrogens with one attached hydrogen (secondary N) is 4. The van der Waals surface area contributed by atoms with Crippen LogP contribution in [0.25, 0.3) is 0 Å². The molecule has 0 radical (unpaired) electrons. The number of carbonyl (C=O) groups is 4. The third-order valence-corrected chi connectivity index (χ3v) is 20.4. The van der Waals surface area contributed by atoms with Crippen molar-refractivity contribution in [2.24, 2.45) is 35.5 Å². The lowest BCUT2D eigenvalue weighted by molar-refractivity contribution is -0.114. The second-order valence-electron chi connectivity index (χ2n) is 22.7. The summed E-state index contributed by atoms with van der Waals surface area (Å²) in [6, 6.07) is 17.0. The molecule has 6 unspecified atom stereocenters. The van der Waals surface area contributed by atoms with Gasteiger partial charge in [0.15, 0.2) is 55.7 Å². The first-order chi connectivity index (χ1) is 39.4. The van der Waals surface area contributed by atoms with Crippen molar-refractivity contribution in [2.75, 3.05) is 66.0 Å². The quantitative estimate of drug-likeness (QED) is 0.0587. The zero-order chi connectivity index (χ0) is 55.3. The molecule has 3 aliphatic heterocycles. The Labute approximate surface area is 480 Å². The van der Waals surface area contributed by atoms with Gasteiger partial charge in [-0.05, 0) is 148 Å². The number of thiazole rings is 3. The summed E-state index contributed by atoms with van der Waals surface area (Å²) in [5.74, 6) is 8.63. The highest BCUT2D eigenvalue weighted by molar-refractivity contribution is 7.19. The summed E-state index contributed by atoms with van der Waals surface area (Å²) >= 11 is 3.99. The zero-order valence-electron chi connectivity index (χ0n) is 44.9. The SMILES string of the molecule is CC(=O)Nc1nc(N[C@H]2CC3CCC2C3)sc1C(=O)c1ccc2c(c1)OCCO2.Nc1nc(N[C@H]2CC3CCC2C3)sc1C(=O)c1ccc2c(c1)OCCCO2.Nc1nc(N[C@H]2CC3CCC2C3)sc1C(=O)c1ccc2c(c1)OCO2. The van der Waals surface area contributed by atoms with Gasteiger partial charge in [0, 0.05) is 48.2 Å². The van der Waals surface area contributed by atoms with E-state index in [2.05, 4.69) is 36.2 Å². The van der Waals surface area contributed by atoms with E-state index >= 15 is 0 Å². The van der Waals surface area contributed by atoms with Gasteiger partial charge >= 0.3 is 0 Å². The Morgan fingerprint density at radius 2 is 0.852 bits per heavy atom. The highest BCUT2D eigenvalue weighted by Crippen LogP contribution is 2.49. The number of hydrogen-bond acceptors (Lipinski definition) is 21. The third-order valence-electron chi connectivity index (χ3n) is 17.4. The smallest absolute Gasteiger partial charge is 0.231 e. The Kier molecular flexibility index (Phi) is 14.9. The summed E-state index contributed by atoms with van der Waals surface area (Å²) in [6.45, 7) is 3.78. The highest BCUT2D eigenvalue weighted by Gasteiger charge is 2.42. The number of benzene rings is 3. The summed E-state index contributed by atoms with van der Waals surface area (Å²) in [5, 5.41) is 15.5. The molecule has 0 spiro atoms. The Balaban J connectivity index is 0.000000115. The van der Waals surface area contributed by atoms with Crippen LogP contribution in [0, 0.1) is 35.5 Å². The van der Waals surface area contributed by atoms with Gasteiger partial charge in [-0.15, -0.1) is 0 Å². The first-order valence-corrected chi connectivity index (χ1v) is 30.8. The van der Waals surface area contributed by atoms with E-state index in [0.29, 0.717) is 139 Å². The molecule has 6 bridgehead atoms. The van der Waals surface area contributed by atoms with E-state index in [9.17, 15) is 19.2 Å². The fourth-order valence-corrected chi connectivity index (χ4v) is 16.3. The maximum Gasteiger partial charge on any atom is 0.231 e. The minimum atomic E-state index is -0.252. The van der Waals surface area contributed by atoms with Crippen molar-refractivity contribution in [1.29, 1.82) is 0 Å². The average Bonchev–Trinajstić information content (AvgIpc) is 4.43. The Bertz CT molecular complexity index is 3400. The van der Waals surface area contributed by atoms with Crippen LogP contribution in [0.4, 0.5) is 32.8 Å². The lowest BCUT2D eigenvalue weighted by Crippen LogP contribution is -2.25. The van der Waals surface area contributed by atoms with Crippen LogP contribution in [0.2, 0.25) is 0 Å². The number of hydrogen-bond donors (Lipinski definition) is 6. The molecular weight excluding hydrogens is 1090 g/mol. The molecule has 0 saturated heterocycles. The van der Waals surface area contributed by atoms with Gasteiger partial charge in [0.25, 0.3) is 0 Å². The molecule has 6 aromatic rings. The van der Waals surface area contributed by atoms with E-state index in [4.69, 9.17) is 39.9 Å². The molecular formula is C59H65N9O10S3. The predicted octanol–water partition coefficient (Wildman–Crippen LogP) is 10.7. The van der Waals surface area contributed by atoms with Crippen LogP contribution >= 0.6 is 34.0 Å².